The Morgan fingerprint density at radius 2 is 1.02 bits per heavy atom. The third kappa shape index (κ3) is 3.76. The highest BCUT2D eigenvalue weighted by atomic mass is 16.3. The summed E-state index contributed by atoms with van der Waals surface area (Å²) >= 11 is 0. The molecule has 2 unspecified atom stereocenters. The molecule has 2 atom stereocenters. The van der Waals surface area contributed by atoms with Gasteiger partial charge in [-0.05, 0) is 51.9 Å². The van der Waals surface area contributed by atoms with Crippen molar-refractivity contribution in [3.8, 4) is 0 Å². The van der Waals surface area contributed by atoms with Crippen molar-refractivity contribution in [2.45, 2.75) is 12.3 Å². The lowest BCUT2D eigenvalue weighted by molar-refractivity contribution is 0.413. The van der Waals surface area contributed by atoms with Gasteiger partial charge >= 0.3 is 0 Å². The van der Waals surface area contributed by atoms with Crippen molar-refractivity contribution in [3.63, 3.8) is 0 Å². The molecule has 5 nitrogen and oxygen atoms in total. The minimum Gasteiger partial charge on any atom is -0.456 e. The molecule has 10 rings (SSSR count). The molecule has 0 fully saturated rings. The van der Waals surface area contributed by atoms with E-state index < -0.39 is 0 Å². The van der Waals surface area contributed by atoms with Crippen molar-refractivity contribution in [2.24, 2.45) is 4.99 Å². The van der Waals surface area contributed by atoms with Gasteiger partial charge in [0.1, 0.15) is 40.5 Å². The van der Waals surface area contributed by atoms with Gasteiger partial charge in [-0.25, -0.2) is 4.99 Å². The van der Waals surface area contributed by atoms with E-state index in [-0.39, 0.29) is 12.3 Å². The highest BCUT2D eigenvalue weighted by Crippen LogP contribution is 2.39. The molecule has 0 radical (unpaired) electrons. The van der Waals surface area contributed by atoms with Crippen LogP contribution in [0.2, 0.25) is 0 Å². The van der Waals surface area contributed by atoms with E-state index in [1.165, 1.54) is 16.2 Å². The van der Waals surface area contributed by atoms with Crippen LogP contribution >= 0.6 is 0 Å². The van der Waals surface area contributed by atoms with Crippen molar-refractivity contribution in [3.05, 3.63) is 156 Å². The van der Waals surface area contributed by atoms with Crippen molar-refractivity contribution in [1.82, 2.24) is 10.6 Å². The maximum Gasteiger partial charge on any atom is 0.135 e. The summed E-state index contributed by atoms with van der Waals surface area (Å²) in [4.78, 5) is 5.45. The molecule has 0 amide bonds. The average molecular weight is 594 g/mol. The van der Waals surface area contributed by atoms with Gasteiger partial charge in [-0.3, -0.25) is 5.32 Å². The molecule has 0 aliphatic carbocycles. The van der Waals surface area contributed by atoms with Crippen LogP contribution in [0.25, 0.3) is 65.4 Å². The predicted octanol–water partition coefficient (Wildman–Crippen LogP) is 10.1. The van der Waals surface area contributed by atoms with Crippen LogP contribution in [0.1, 0.15) is 29.0 Å². The number of nitrogens with zero attached hydrogens (tertiary/aromatic N) is 1. The smallest absolute Gasteiger partial charge is 0.135 e. The zero-order chi connectivity index (χ0) is 30.2. The van der Waals surface area contributed by atoms with Crippen molar-refractivity contribution in [2.75, 3.05) is 0 Å². The SMILES string of the molecule is c1ccc2c(c1)cc(C1=NC(c3cccc4oc5ccccc5c34)NC(c3cccc4oc5ccccc5c34)N1)c1ccccc12. The molecule has 3 heterocycles. The number of fused-ring (bicyclic) bond motifs is 9. The normalized spacial score (nSPS) is 16.9. The second-order valence-corrected chi connectivity index (χ2v) is 12.0. The Bertz CT molecular complexity index is 2680. The highest BCUT2D eigenvalue weighted by Gasteiger charge is 2.30. The molecule has 0 bridgehead atoms. The van der Waals surface area contributed by atoms with E-state index >= 15 is 0 Å². The van der Waals surface area contributed by atoms with Gasteiger partial charge in [0.25, 0.3) is 0 Å². The second-order valence-electron chi connectivity index (χ2n) is 12.0. The highest BCUT2D eigenvalue weighted by molar-refractivity contribution is 6.19. The lowest BCUT2D eigenvalue weighted by Gasteiger charge is -2.33. The topological polar surface area (TPSA) is 62.7 Å². The van der Waals surface area contributed by atoms with Crippen LogP contribution in [0.5, 0.6) is 0 Å². The molecular formula is C41H27N3O2. The Hall–Kier alpha value is -5.91. The van der Waals surface area contributed by atoms with Crippen LogP contribution in [-0.2, 0) is 0 Å². The third-order valence-electron chi connectivity index (χ3n) is 9.36. The van der Waals surface area contributed by atoms with E-state index in [4.69, 9.17) is 13.8 Å². The lowest BCUT2D eigenvalue weighted by Crippen LogP contribution is -2.45. The summed E-state index contributed by atoms with van der Waals surface area (Å²) in [5.74, 6) is 0.838. The minimum atomic E-state index is -0.357. The second kappa shape index (κ2) is 9.80. The number of aliphatic imine (C=N–C) groups is 1. The summed E-state index contributed by atoms with van der Waals surface area (Å²) in [6.45, 7) is 0. The molecule has 1 aliphatic rings. The molecule has 0 saturated heterocycles. The van der Waals surface area contributed by atoms with Crippen LogP contribution in [0.4, 0.5) is 0 Å². The van der Waals surface area contributed by atoms with E-state index in [0.717, 1.165) is 71.8 Å². The van der Waals surface area contributed by atoms with Gasteiger partial charge in [-0.1, -0.05) is 109 Å². The van der Waals surface area contributed by atoms with Crippen molar-refractivity contribution >= 4 is 71.3 Å². The Morgan fingerprint density at radius 3 is 1.74 bits per heavy atom. The van der Waals surface area contributed by atoms with Gasteiger partial charge in [0.2, 0.25) is 0 Å². The minimum absolute atomic E-state index is 0.263. The molecule has 218 valence electrons. The van der Waals surface area contributed by atoms with Crippen LogP contribution in [0.15, 0.2) is 153 Å². The van der Waals surface area contributed by atoms with Gasteiger partial charge < -0.3 is 14.2 Å². The summed E-state index contributed by atoms with van der Waals surface area (Å²) in [6.07, 6.45) is -0.620. The van der Waals surface area contributed by atoms with E-state index in [1.807, 2.05) is 36.4 Å². The fraction of sp³-hybridized carbons (Fsp3) is 0.0488. The van der Waals surface area contributed by atoms with Gasteiger partial charge in [0.05, 0.1) is 0 Å². The zero-order valence-corrected chi connectivity index (χ0v) is 24.7. The van der Waals surface area contributed by atoms with Crippen molar-refractivity contribution in [1.29, 1.82) is 0 Å². The summed E-state index contributed by atoms with van der Waals surface area (Å²) < 4.78 is 12.6. The predicted molar refractivity (Wildman–Crippen MR) is 187 cm³/mol. The standard InChI is InChI=1S/C41H27N3O2/c1-2-12-25-24(11-1)23-32(27-14-4-3-13-26(25)27)41-43-39(30-17-9-21-35-37(30)28-15-5-7-19-33(28)45-35)42-40(44-41)31-18-10-22-36-38(31)29-16-6-8-20-34(29)46-36/h1-23,39-40,42H,(H,43,44). The molecule has 5 heteroatoms. The number of hydrogen-bond donors (Lipinski definition) is 2. The summed E-state index contributed by atoms with van der Waals surface area (Å²) in [7, 11) is 0. The van der Waals surface area contributed by atoms with E-state index in [2.05, 4.69) is 114 Å². The Kier molecular flexibility index (Phi) is 5.41. The van der Waals surface area contributed by atoms with Gasteiger partial charge in [0.15, 0.2) is 0 Å². The van der Waals surface area contributed by atoms with Gasteiger partial charge in [-0.15, -0.1) is 0 Å². The number of rotatable bonds is 3. The maximum absolute atomic E-state index is 6.31. The van der Waals surface area contributed by atoms with Gasteiger partial charge in [0, 0.05) is 38.2 Å². The zero-order valence-electron chi connectivity index (χ0n) is 24.7. The molecule has 0 saturated carbocycles. The largest absolute Gasteiger partial charge is 0.456 e. The third-order valence-corrected chi connectivity index (χ3v) is 9.36. The van der Waals surface area contributed by atoms with Gasteiger partial charge in [-0.2, -0.15) is 0 Å². The average Bonchev–Trinajstić information content (AvgIpc) is 3.70. The number of nitrogens with one attached hydrogen (secondary N) is 2. The molecule has 46 heavy (non-hydrogen) atoms. The molecular weight excluding hydrogens is 566 g/mol. The van der Waals surface area contributed by atoms with E-state index in [9.17, 15) is 0 Å². The molecule has 9 aromatic rings. The first-order chi connectivity index (χ1) is 22.8. The molecule has 2 aromatic heterocycles. The fourth-order valence-corrected chi connectivity index (χ4v) is 7.34. The molecule has 0 spiro atoms. The Balaban J connectivity index is 1.24. The number of furan rings is 2. The lowest BCUT2D eigenvalue weighted by atomic mass is 9.95. The number of hydrogen-bond acceptors (Lipinski definition) is 5. The monoisotopic (exact) mass is 593 g/mol. The molecule has 7 aromatic carbocycles. The van der Waals surface area contributed by atoms with E-state index in [0.29, 0.717) is 0 Å². The fourth-order valence-electron chi connectivity index (χ4n) is 7.34. The number of para-hydroxylation sites is 2. The van der Waals surface area contributed by atoms with Crippen LogP contribution in [0, 0.1) is 0 Å². The first-order valence-corrected chi connectivity index (χ1v) is 15.6. The summed E-state index contributed by atoms with van der Waals surface area (Å²) in [5.41, 5.74) is 6.71. The molecule has 2 N–H and O–H groups in total. The van der Waals surface area contributed by atoms with Crippen molar-refractivity contribution < 1.29 is 8.83 Å². The first-order valence-electron chi connectivity index (χ1n) is 15.6. The van der Waals surface area contributed by atoms with Crippen LogP contribution in [0.3, 0.4) is 0 Å². The van der Waals surface area contributed by atoms with Crippen LogP contribution in [-0.4, -0.2) is 5.84 Å². The Morgan fingerprint density at radius 1 is 0.478 bits per heavy atom. The summed E-state index contributed by atoms with van der Waals surface area (Å²) in [5, 5.41) is 16.9. The first kappa shape index (κ1) is 25.4. The molecule has 1 aliphatic heterocycles. The maximum atomic E-state index is 6.31. The quantitative estimate of drug-likeness (QED) is 0.200. The summed E-state index contributed by atoms with van der Waals surface area (Å²) in [6, 6.07) is 48.5. The van der Waals surface area contributed by atoms with Crippen LogP contribution < -0.4 is 10.6 Å². The van der Waals surface area contributed by atoms with E-state index in [1.54, 1.807) is 0 Å². The Labute approximate surface area is 263 Å². The number of amidine groups is 1. The number of benzene rings is 7.